The summed E-state index contributed by atoms with van der Waals surface area (Å²) in [7, 11) is 0. The number of aromatic nitrogens is 2. The van der Waals surface area contributed by atoms with Crippen LogP contribution in [0.3, 0.4) is 0 Å². The van der Waals surface area contributed by atoms with E-state index in [-0.39, 0.29) is 12.1 Å². The molecule has 4 nitrogen and oxygen atoms in total. The van der Waals surface area contributed by atoms with Gasteiger partial charge >= 0.3 is 0 Å². The van der Waals surface area contributed by atoms with Gasteiger partial charge in [-0.2, -0.15) is 5.10 Å². The molecule has 0 fully saturated rings. The average molecular weight is 278 g/mol. The van der Waals surface area contributed by atoms with Gasteiger partial charge in [-0.15, -0.1) is 0 Å². The first-order valence-electron chi connectivity index (χ1n) is 6.41. The molecule has 2 aromatic rings. The highest BCUT2D eigenvalue weighted by Crippen LogP contribution is 2.40. The molecule has 0 bridgehead atoms. The summed E-state index contributed by atoms with van der Waals surface area (Å²) < 4.78 is 7.90. The Hall–Kier alpha value is -1.52. The zero-order valence-electron chi connectivity index (χ0n) is 10.7. The van der Waals surface area contributed by atoms with Gasteiger partial charge in [0.2, 0.25) is 0 Å². The number of fused-ring (bicyclic) bond motifs is 1. The van der Waals surface area contributed by atoms with Gasteiger partial charge in [0.25, 0.3) is 0 Å². The lowest BCUT2D eigenvalue weighted by Crippen LogP contribution is -2.23. The summed E-state index contributed by atoms with van der Waals surface area (Å²) in [6.45, 7) is 2.91. The summed E-state index contributed by atoms with van der Waals surface area (Å²) >= 11 is 5.99. The first-order chi connectivity index (χ1) is 9.17. The number of aryl methyl sites for hydroxylation is 1. The van der Waals surface area contributed by atoms with Crippen molar-refractivity contribution in [3.8, 4) is 5.75 Å². The number of nitrogens with zero attached hydrogens (tertiary/aromatic N) is 2. The summed E-state index contributed by atoms with van der Waals surface area (Å²) in [5.41, 5.74) is 8.26. The average Bonchev–Trinajstić information content (AvgIpc) is 2.88. The summed E-state index contributed by atoms with van der Waals surface area (Å²) in [6.07, 6.45) is 4.56. The lowest BCUT2D eigenvalue weighted by molar-refractivity contribution is 0.161. The van der Waals surface area contributed by atoms with Crippen molar-refractivity contribution in [2.45, 2.75) is 32.0 Å². The van der Waals surface area contributed by atoms with Gasteiger partial charge in [0.15, 0.2) is 0 Å². The molecule has 2 N–H and O–H groups in total. The fourth-order valence-electron chi connectivity index (χ4n) is 2.40. The van der Waals surface area contributed by atoms with Crippen LogP contribution in [0.1, 0.15) is 36.6 Å². The highest BCUT2D eigenvalue weighted by atomic mass is 35.5. The summed E-state index contributed by atoms with van der Waals surface area (Å²) in [6, 6.07) is 5.53. The Bertz CT molecular complexity index is 596. The van der Waals surface area contributed by atoms with Gasteiger partial charge in [0, 0.05) is 41.4 Å². The number of benzene rings is 1. The molecule has 19 heavy (non-hydrogen) atoms. The minimum Gasteiger partial charge on any atom is -0.485 e. The van der Waals surface area contributed by atoms with Gasteiger partial charge in [-0.3, -0.25) is 4.68 Å². The zero-order chi connectivity index (χ0) is 13.4. The SMILES string of the molecule is CCn1cc(C2C[C@@H](N)c3cc(Cl)ccc3O2)cn1. The highest BCUT2D eigenvalue weighted by Gasteiger charge is 2.28. The molecular weight excluding hydrogens is 262 g/mol. The van der Waals surface area contributed by atoms with E-state index in [2.05, 4.69) is 12.0 Å². The molecule has 2 heterocycles. The Balaban J connectivity index is 1.90. The maximum Gasteiger partial charge on any atom is 0.129 e. The van der Waals surface area contributed by atoms with Crippen molar-refractivity contribution < 1.29 is 4.74 Å². The normalized spacial score (nSPS) is 21.8. The second-order valence-corrected chi connectivity index (χ2v) is 5.20. The van der Waals surface area contributed by atoms with Crippen LogP contribution < -0.4 is 10.5 Å². The lowest BCUT2D eigenvalue weighted by atomic mass is 9.95. The molecule has 1 unspecified atom stereocenters. The third kappa shape index (κ3) is 2.33. The molecule has 100 valence electrons. The number of nitrogens with two attached hydrogens (primary N) is 1. The number of rotatable bonds is 2. The molecule has 1 aromatic carbocycles. The van der Waals surface area contributed by atoms with Gasteiger partial charge in [-0.1, -0.05) is 11.6 Å². The molecule has 5 heteroatoms. The van der Waals surface area contributed by atoms with E-state index >= 15 is 0 Å². The van der Waals surface area contributed by atoms with Gasteiger partial charge in [-0.25, -0.2) is 0 Å². The molecule has 0 saturated heterocycles. The number of hydrogen-bond donors (Lipinski definition) is 1. The number of halogens is 1. The minimum atomic E-state index is -0.0579. The van der Waals surface area contributed by atoms with E-state index in [9.17, 15) is 0 Å². The predicted molar refractivity (Wildman–Crippen MR) is 74.3 cm³/mol. The van der Waals surface area contributed by atoms with Crippen LogP contribution in [0, 0.1) is 0 Å². The quantitative estimate of drug-likeness (QED) is 0.918. The van der Waals surface area contributed by atoms with E-state index in [1.807, 2.05) is 35.3 Å². The lowest BCUT2D eigenvalue weighted by Gasteiger charge is -2.29. The largest absolute Gasteiger partial charge is 0.485 e. The van der Waals surface area contributed by atoms with Crippen molar-refractivity contribution in [2.75, 3.05) is 0 Å². The van der Waals surface area contributed by atoms with Crippen molar-refractivity contribution in [2.24, 2.45) is 5.73 Å². The Morgan fingerprint density at radius 3 is 3.11 bits per heavy atom. The van der Waals surface area contributed by atoms with Crippen LogP contribution in [-0.4, -0.2) is 9.78 Å². The zero-order valence-corrected chi connectivity index (χ0v) is 11.5. The Morgan fingerprint density at radius 1 is 1.53 bits per heavy atom. The Morgan fingerprint density at radius 2 is 2.37 bits per heavy atom. The fraction of sp³-hybridized carbons (Fsp3) is 0.357. The van der Waals surface area contributed by atoms with Crippen LogP contribution in [0.4, 0.5) is 0 Å². The standard InChI is InChI=1S/C14H16ClN3O/c1-2-18-8-9(7-17-18)14-6-12(16)11-5-10(15)3-4-13(11)19-14/h3-5,7-8,12,14H,2,6,16H2,1H3/t12-,14?/m1/s1. The van der Waals surface area contributed by atoms with Gasteiger partial charge < -0.3 is 10.5 Å². The van der Waals surface area contributed by atoms with E-state index in [1.54, 1.807) is 0 Å². The summed E-state index contributed by atoms with van der Waals surface area (Å²) in [5, 5.41) is 4.97. The topological polar surface area (TPSA) is 53.1 Å². The van der Waals surface area contributed by atoms with Crippen LogP contribution >= 0.6 is 11.6 Å². The van der Waals surface area contributed by atoms with E-state index in [1.165, 1.54) is 0 Å². The first kappa shape index (κ1) is 12.5. The molecule has 2 atom stereocenters. The smallest absolute Gasteiger partial charge is 0.129 e. The molecule has 1 aliphatic heterocycles. The third-order valence-corrected chi connectivity index (χ3v) is 3.69. The third-order valence-electron chi connectivity index (χ3n) is 3.46. The van der Waals surface area contributed by atoms with Crippen LogP contribution in [-0.2, 0) is 6.54 Å². The Kier molecular flexibility index (Phi) is 3.21. The molecular formula is C14H16ClN3O. The number of ether oxygens (including phenoxy) is 1. The molecule has 0 radical (unpaired) electrons. The van der Waals surface area contributed by atoms with Crippen molar-refractivity contribution >= 4 is 11.6 Å². The van der Waals surface area contributed by atoms with Gasteiger partial charge in [0.1, 0.15) is 11.9 Å². The molecule has 3 rings (SSSR count). The van der Waals surface area contributed by atoms with Crippen LogP contribution in [0.5, 0.6) is 5.75 Å². The van der Waals surface area contributed by atoms with Crippen molar-refractivity contribution in [1.29, 1.82) is 0 Å². The monoisotopic (exact) mass is 277 g/mol. The molecule has 0 aliphatic carbocycles. The maximum atomic E-state index is 6.22. The van der Waals surface area contributed by atoms with Gasteiger partial charge in [-0.05, 0) is 25.1 Å². The fourth-order valence-corrected chi connectivity index (χ4v) is 2.58. The van der Waals surface area contributed by atoms with Crippen LogP contribution in [0.2, 0.25) is 5.02 Å². The van der Waals surface area contributed by atoms with Gasteiger partial charge in [0.05, 0.1) is 6.20 Å². The summed E-state index contributed by atoms with van der Waals surface area (Å²) in [5.74, 6) is 0.817. The molecule has 0 amide bonds. The van der Waals surface area contributed by atoms with Crippen molar-refractivity contribution in [1.82, 2.24) is 9.78 Å². The minimum absolute atomic E-state index is 0.0380. The molecule has 1 aliphatic rings. The van der Waals surface area contributed by atoms with E-state index in [4.69, 9.17) is 22.1 Å². The molecule has 1 aromatic heterocycles. The second kappa shape index (κ2) is 4.87. The summed E-state index contributed by atoms with van der Waals surface area (Å²) in [4.78, 5) is 0. The maximum absolute atomic E-state index is 6.22. The van der Waals surface area contributed by atoms with Crippen molar-refractivity contribution in [3.63, 3.8) is 0 Å². The van der Waals surface area contributed by atoms with E-state index in [0.29, 0.717) is 5.02 Å². The Labute approximate surface area is 117 Å². The van der Waals surface area contributed by atoms with Crippen LogP contribution in [0.15, 0.2) is 30.6 Å². The van der Waals surface area contributed by atoms with Crippen LogP contribution in [0.25, 0.3) is 0 Å². The molecule has 0 saturated carbocycles. The molecule has 0 spiro atoms. The van der Waals surface area contributed by atoms with E-state index < -0.39 is 0 Å². The van der Waals surface area contributed by atoms with Crippen molar-refractivity contribution in [3.05, 3.63) is 46.7 Å². The second-order valence-electron chi connectivity index (χ2n) is 4.76. The number of hydrogen-bond acceptors (Lipinski definition) is 3. The predicted octanol–water partition coefficient (Wildman–Crippen LogP) is 3.08. The highest BCUT2D eigenvalue weighted by molar-refractivity contribution is 6.30. The van der Waals surface area contributed by atoms with E-state index in [0.717, 1.165) is 29.8 Å². The first-order valence-corrected chi connectivity index (χ1v) is 6.79.